The monoisotopic (exact) mass is 370 g/mol. The molecule has 0 spiro atoms. The summed E-state index contributed by atoms with van der Waals surface area (Å²) in [6.45, 7) is 6.88. The highest BCUT2D eigenvalue weighted by Gasteiger charge is 2.18. The van der Waals surface area contributed by atoms with Crippen molar-refractivity contribution >= 4 is 16.9 Å². The molecule has 0 bridgehead atoms. The third-order valence-corrected chi connectivity index (χ3v) is 5.23. The van der Waals surface area contributed by atoms with Crippen molar-refractivity contribution in [1.82, 2.24) is 4.98 Å². The van der Waals surface area contributed by atoms with Gasteiger partial charge in [0.05, 0.1) is 18.8 Å². The van der Waals surface area contributed by atoms with Crippen molar-refractivity contribution < 1.29 is 10.0 Å². The van der Waals surface area contributed by atoms with Crippen molar-refractivity contribution in [2.45, 2.75) is 39.5 Å². The zero-order valence-electron chi connectivity index (χ0n) is 15.7. The number of unbranched alkanes of at least 4 members (excludes halogenated alkanes) is 2. The molecule has 1 aromatic carbocycles. The minimum atomic E-state index is 0.156. The van der Waals surface area contributed by atoms with Crippen molar-refractivity contribution in [2.24, 2.45) is 0 Å². The van der Waals surface area contributed by atoms with Gasteiger partial charge in [-0.25, -0.2) is 4.98 Å². The summed E-state index contributed by atoms with van der Waals surface area (Å²) < 4.78 is 0. The first kappa shape index (κ1) is 20.2. The molecular formula is C21H28N3OS+. The molecule has 0 radical (unpaired) electrons. The average molecular weight is 371 g/mol. The Bertz CT molecular complexity index is 738. The van der Waals surface area contributed by atoms with Crippen LogP contribution in [-0.2, 0) is 0 Å². The van der Waals surface area contributed by atoms with Gasteiger partial charge in [-0.15, -0.1) is 11.3 Å². The van der Waals surface area contributed by atoms with E-state index in [0.717, 1.165) is 50.0 Å². The number of hydrogen-bond acceptors (Lipinski definition) is 4. The smallest absolute Gasteiger partial charge is 0.168 e. The molecule has 0 amide bonds. The number of aliphatic hydroxyl groups is 1. The van der Waals surface area contributed by atoms with Crippen LogP contribution in [0.1, 0.15) is 44.5 Å². The van der Waals surface area contributed by atoms with Gasteiger partial charge < -0.3 is 10.0 Å². The minimum absolute atomic E-state index is 0.156. The van der Waals surface area contributed by atoms with Crippen LogP contribution in [0.5, 0.6) is 0 Å². The lowest BCUT2D eigenvalue weighted by molar-refractivity contribution is -0.897. The van der Waals surface area contributed by atoms with Crippen LogP contribution in [0.25, 0.3) is 16.8 Å². The van der Waals surface area contributed by atoms with Crippen molar-refractivity contribution in [1.29, 1.82) is 5.26 Å². The SMILES string of the molecule is CCCC[NH+](CCCC)C/C(O)=C(\C#N)c1nc(-c2ccccc2)cs1. The number of rotatable bonds is 10. The Morgan fingerprint density at radius 3 is 2.38 bits per heavy atom. The van der Waals surface area contributed by atoms with E-state index in [0.29, 0.717) is 17.1 Å². The van der Waals surface area contributed by atoms with E-state index in [9.17, 15) is 10.4 Å². The van der Waals surface area contributed by atoms with E-state index in [-0.39, 0.29) is 5.76 Å². The Morgan fingerprint density at radius 1 is 1.15 bits per heavy atom. The quantitative estimate of drug-likeness (QED) is 0.489. The summed E-state index contributed by atoms with van der Waals surface area (Å²) in [5, 5.41) is 22.7. The molecule has 1 aromatic heterocycles. The number of quaternary nitrogens is 1. The van der Waals surface area contributed by atoms with Gasteiger partial charge in [0.25, 0.3) is 0 Å². The number of benzene rings is 1. The second-order valence-corrected chi connectivity index (χ2v) is 7.33. The van der Waals surface area contributed by atoms with E-state index in [1.807, 2.05) is 35.7 Å². The number of hydrogen-bond donors (Lipinski definition) is 2. The largest absolute Gasteiger partial charge is 0.506 e. The van der Waals surface area contributed by atoms with E-state index in [1.165, 1.54) is 16.2 Å². The van der Waals surface area contributed by atoms with Crippen molar-refractivity contribution in [3.63, 3.8) is 0 Å². The third kappa shape index (κ3) is 5.69. The molecule has 4 nitrogen and oxygen atoms in total. The Labute approximate surface area is 160 Å². The van der Waals surface area contributed by atoms with Gasteiger partial charge in [-0.3, -0.25) is 0 Å². The first-order chi connectivity index (χ1) is 12.7. The summed E-state index contributed by atoms with van der Waals surface area (Å²) >= 11 is 1.41. The summed E-state index contributed by atoms with van der Waals surface area (Å²) in [6.07, 6.45) is 4.53. The fraction of sp³-hybridized carbons (Fsp3) is 0.429. The molecule has 138 valence electrons. The van der Waals surface area contributed by atoms with Crippen LogP contribution in [0.15, 0.2) is 41.5 Å². The van der Waals surface area contributed by atoms with Gasteiger partial charge in [-0.1, -0.05) is 57.0 Å². The Hall–Kier alpha value is -2.16. The van der Waals surface area contributed by atoms with Crippen LogP contribution in [0, 0.1) is 11.3 Å². The third-order valence-electron chi connectivity index (χ3n) is 4.37. The van der Waals surface area contributed by atoms with Gasteiger partial charge in [-0.2, -0.15) is 5.26 Å². The second kappa shape index (κ2) is 10.7. The van der Waals surface area contributed by atoms with Gasteiger partial charge in [0.15, 0.2) is 5.76 Å². The van der Waals surface area contributed by atoms with E-state index < -0.39 is 0 Å². The predicted molar refractivity (Wildman–Crippen MR) is 108 cm³/mol. The topological polar surface area (TPSA) is 61.4 Å². The lowest BCUT2D eigenvalue weighted by atomic mass is 10.2. The highest BCUT2D eigenvalue weighted by molar-refractivity contribution is 7.11. The summed E-state index contributed by atoms with van der Waals surface area (Å²) in [5.74, 6) is 0.156. The van der Waals surface area contributed by atoms with Crippen LogP contribution < -0.4 is 4.90 Å². The predicted octanol–water partition coefficient (Wildman–Crippen LogP) is 4.09. The summed E-state index contributed by atoms with van der Waals surface area (Å²) in [7, 11) is 0. The number of nitrogens with one attached hydrogen (secondary N) is 1. The number of nitrogens with zero attached hydrogens (tertiary/aromatic N) is 2. The summed E-state index contributed by atoms with van der Waals surface area (Å²) in [5.41, 5.74) is 2.17. The lowest BCUT2D eigenvalue weighted by Crippen LogP contribution is -3.12. The molecule has 0 aliphatic rings. The number of nitriles is 1. The number of thiazole rings is 1. The molecular weight excluding hydrogens is 342 g/mol. The maximum atomic E-state index is 10.6. The molecule has 2 rings (SSSR count). The molecule has 0 unspecified atom stereocenters. The minimum Gasteiger partial charge on any atom is -0.506 e. The maximum absolute atomic E-state index is 10.6. The molecule has 0 saturated carbocycles. The number of allylic oxidation sites excluding steroid dienone is 1. The van der Waals surface area contributed by atoms with Gasteiger partial charge in [0, 0.05) is 10.9 Å². The molecule has 5 heteroatoms. The van der Waals surface area contributed by atoms with Gasteiger partial charge in [0.2, 0.25) is 0 Å². The normalized spacial score (nSPS) is 12.1. The zero-order chi connectivity index (χ0) is 18.8. The molecule has 2 N–H and O–H groups in total. The Kier molecular flexibility index (Phi) is 8.33. The fourth-order valence-corrected chi connectivity index (χ4v) is 3.69. The molecule has 1 heterocycles. The van der Waals surface area contributed by atoms with E-state index in [4.69, 9.17) is 0 Å². The molecule has 0 aliphatic heterocycles. The first-order valence-electron chi connectivity index (χ1n) is 9.36. The van der Waals surface area contributed by atoms with Gasteiger partial charge in [-0.05, 0) is 12.8 Å². The highest BCUT2D eigenvalue weighted by Crippen LogP contribution is 2.26. The standard InChI is InChI=1S/C21H27N3OS/c1-3-5-12-24(13-6-4-2)15-20(25)18(14-22)21-23-19(16-26-21)17-10-8-7-9-11-17/h7-11,16,25H,3-6,12-13,15H2,1-2H3/p+1/b20-18-. The first-order valence-corrected chi connectivity index (χ1v) is 10.2. The molecule has 0 saturated heterocycles. The van der Waals surface area contributed by atoms with Crippen LogP contribution in [0.3, 0.4) is 0 Å². The van der Waals surface area contributed by atoms with E-state index >= 15 is 0 Å². The molecule has 2 aromatic rings. The van der Waals surface area contributed by atoms with Crippen LogP contribution in [0.4, 0.5) is 0 Å². The van der Waals surface area contributed by atoms with Crippen molar-refractivity contribution in [3.05, 3.63) is 46.5 Å². The average Bonchev–Trinajstić information content (AvgIpc) is 3.15. The van der Waals surface area contributed by atoms with Crippen LogP contribution >= 0.6 is 11.3 Å². The number of aromatic nitrogens is 1. The highest BCUT2D eigenvalue weighted by atomic mass is 32.1. The van der Waals surface area contributed by atoms with Crippen molar-refractivity contribution in [2.75, 3.05) is 19.6 Å². The van der Waals surface area contributed by atoms with Gasteiger partial charge >= 0.3 is 0 Å². The maximum Gasteiger partial charge on any atom is 0.168 e. The summed E-state index contributed by atoms with van der Waals surface area (Å²) in [6, 6.07) is 12.1. The molecule has 0 aliphatic carbocycles. The van der Waals surface area contributed by atoms with E-state index in [1.54, 1.807) is 0 Å². The fourth-order valence-electron chi connectivity index (χ4n) is 2.85. The number of aliphatic hydroxyl groups excluding tert-OH is 1. The van der Waals surface area contributed by atoms with Crippen LogP contribution in [0.2, 0.25) is 0 Å². The Balaban J connectivity index is 2.19. The van der Waals surface area contributed by atoms with Crippen LogP contribution in [-0.4, -0.2) is 29.7 Å². The molecule has 26 heavy (non-hydrogen) atoms. The second-order valence-electron chi connectivity index (χ2n) is 6.47. The summed E-state index contributed by atoms with van der Waals surface area (Å²) in [4.78, 5) is 5.91. The van der Waals surface area contributed by atoms with E-state index in [2.05, 4.69) is 24.9 Å². The van der Waals surface area contributed by atoms with Gasteiger partial charge in [0.1, 0.15) is 23.2 Å². The molecule has 0 atom stereocenters. The zero-order valence-corrected chi connectivity index (χ0v) is 16.5. The van der Waals surface area contributed by atoms with Crippen molar-refractivity contribution in [3.8, 4) is 17.3 Å². The Morgan fingerprint density at radius 2 is 1.81 bits per heavy atom. The lowest BCUT2D eigenvalue weighted by Gasteiger charge is -2.19. The molecule has 0 fully saturated rings.